The Balaban J connectivity index is 1.62. The molecule has 1 aromatic carbocycles. The smallest absolute Gasteiger partial charge is 0.178 e. The summed E-state index contributed by atoms with van der Waals surface area (Å²) in [6, 6.07) is 8.52. The van der Waals surface area contributed by atoms with E-state index in [1.165, 1.54) is 16.8 Å². The van der Waals surface area contributed by atoms with E-state index in [-0.39, 0.29) is 5.78 Å². The number of hydrogen-bond acceptors (Lipinski definition) is 3. The van der Waals surface area contributed by atoms with Crippen molar-refractivity contribution >= 4 is 11.5 Å². The molecule has 4 heteroatoms. The van der Waals surface area contributed by atoms with Gasteiger partial charge in [-0.25, -0.2) is 0 Å². The molecule has 0 bridgehead atoms. The number of nitrogens with zero attached hydrogens (tertiary/aromatic N) is 3. The molecule has 1 aliphatic rings. The predicted molar refractivity (Wildman–Crippen MR) is 104 cm³/mol. The minimum atomic E-state index is 0.237. The second kappa shape index (κ2) is 7.04. The molecule has 1 fully saturated rings. The highest BCUT2D eigenvalue weighted by Crippen LogP contribution is 2.24. The Morgan fingerprint density at radius 3 is 2.32 bits per heavy atom. The summed E-state index contributed by atoms with van der Waals surface area (Å²) in [5, 5.41) is 0. The maximum Gasteiger partial charge on any atom is 0.178 e. The molecule has 1 saturated heterocycles. The van der Waals surface area contributed by atoms with Crippen molar-refractivity contribution in [3.8, 4) is 0 Å². The van der Waals surface area contributed by atoms with E-state index in [2.05, 4.69) is 46.4 Å². The number of ketones is 1. The number of aromatic nitrogens is 1. The summed E-state index contributed by atoms with van der Waals surface area (Å²) in [6.07, 6.45) is 0. The molecule has 0 unspecified atom stereocenters. The molecule has 0 radical (unpaired) electrons. The third-order valence-corrected chi connectivity index (χ3v) is 5.73. The molecule has 0 aliphatic carbocycles. The highest BCUT2D eigenvalue weighted by atomic mass is 16.1. The number of anilines is 1. The summed E-state index contributed by atoms with van der Waals surface area (Å²) < 4.78 is 2.09. The fourth-order valence-electron chi connectivity index (χ4n) is 3.65. The van der Waals surface area contributed by atoms with Gasteiger partial charge in [0, 0.05) is 55.9 Å². The summed E-state index contributed by atoms with van der Waals surface area (Å²) in [7, 11) is 2.02. The molecule has 134 valence electrons. The zero-order valence-corrected chi connectivity index (χ0v) is 16.1. The number of carbonyl (C=O) groups is 1. The zero-order valence-electron chi connectivity index (χ0n) is 16.1. The molecule has 4 nitrogen and oxygen atoms in total. The first-order valence-electron chi connectivity index (χ1n) is 9.08. The average Bonchev–Trinajstić information content (AvgIpc) is 2.86. The minimum absolute atomic E-state index is 0.237. The second-order valence-electron chi connectivity index (χ2n) is 7.25. The number of benzene rings is 1. The SMILES string of the molecule is Cc1cccc(N2CCN(CC(=O)c3cc(C)n(C)c3C)CC2)c1C. The van der Waals surface area contributed by atoms with Gasteiger partial charge in [0.1, 0.15) is 0 Å². The van der Waals surface area contributed by atoms with E-state index < -0.39 is 0 Å². The fourth-order valence-corrected chi connectivity index (χ4v) is 3.65. The Kier molecular flexibility index (Phi) is 5.00. The van der Waals surface area contributed by atoms with Crippen LogP contribution in [0.3, 0.4) is 0 Å². The van der Waals surface area contributed by atoms with Gasteiger partial charge in [-0.1, -0.05) is 12.1 Å². The largest absolute Gasteiger partial charge is 0.369 e. The zero-order chi connectivity index (χ0) is 18.1. The highest BCUT2D eigenvalue weighted by molar-refractivity contribution is 5.99. The Morgan fingerprint density at radius 1 is 1.04 bits per heavy atom. The van der Waals surface area contributed by atoms with E-state index >= 15 is 0 Å². The van der Waals surface area contributed by atoms with Crippen molar-refractivity contribution in [3.05, 3.63) is 52.3 Å². The lowest BCUT2D eigenvalue weighted by molar-refractivity contribution is 0.0925. The molecule has 0 spiro atoms. The van der Waals surface area contributed by atoms with Crippen LogP contribution in [0.5, 0.6) is 0 Å². The topological polar surface area (TPSA) is 28.5 Å². The number of aryl methyl sites for hydroxylation is 2. The van der Waals surface area contributed by atoms with Gasteiger partial charge in [0.25, 0.3) is 0 Å². The molecular weight excluding hydrogens is 310 g/mol. The van der Waals surface area contributed by atoms with E-state index in [9.17, 15) is 4.79 Å². The molecule has 0 saturated carbocycles. The van der Waals surface area contributed by atoms with E-state index in [1.807, 2.05) is 27.0 Å². The van der Waals surface area contributed by atoms with Crippen LogP contribution < -0.4 is 4.90 Å². The van der Waals surface area contributed by atoms with E-state index in [0.717, 1.165) is 43.1 Å². The maximum absolute atomic E-state index is 12.7. The van der Waals surface area contributed by atoms with Gasteiger partial charge in [-0.15, -0.1) is 0 Å². The number of hydrogen-bond donors (Lipinski definition) is 0. The molecule has 0 amide bonds. The first-order chi connectivity index (χ1) is 11.9. The molecule has 2 aromatic rings. The number of Topliss-reactive ketones (excluding diaryl/α,β-unsaturated/α-hetero) is 1. The van der Waals surface area contributed by atoms with Crippen molar-refractivity contribution in [2.75, 3.05) is 37.6 Å². The summed E-state index contributed by atoms with van der Waals surface area (Å²) >= 11 is 0. The molecule has 2 heterocycles. The summed E-state index contributed by atoms with van der Waals surface area (Å²) in [5.74, 6) is 0.237. The molecule has 0 atom stereocenters. The molecular formula is C21H29N3O. The maximum atomic E-state index is 12.7. The van der Waals surface area contributed by atoms with Crippen LogP contribution in [0.4, 0.5) is 5.69 Å². The Bertz CT molecular complexity index is 783. The van der Waals surface area contributed by atoms with Crippen LogP contribution in [-0.4, -0.2) is 48.0 Å². The lowest BCUT2D eigenvalue weighted by Gasteiger charge is -2.36. The first kappa shape index (κ1) is 17.7. The quantitative estimate of drug-likeness (QED) is 0.801. The average molecular weight is 339 g/mol. The van der Waals surface area contributed by atoms with Gasteiger partial charge in [-0.2, -0.15) is 0 Å². The van der Waals surface area contributed by atoms with Crippen molar-refractivity contribution < 1.29 is 4.79 Å². The third kappa shape index (κ3) is 3.49. The fraction of sp³-hybridized carbons (Fsp3) is 0.476. The summed E-state index contributed by atoms with van der Waals surface area (Å²) in [5.41, 5.74) is 7.11. The van der Waals surface area contributed by atoms with Crippen molar-refractivity contribution in [3.63, 3.8) is 0 Å². The van der Waals surface area contributed by atoms with Gasteiger partial charge in [0.05, 0.1) is 6.54 Å². The normalized spacial score (nSPS) is 15.6. The molecule has 1 aliphatic heterocycles. The van der Waals surface area contributed by atoms with E-state index in [4.69, 9.17) is 0 Å². The Labute approximate surface area is 151 Å². The van der Waals surface area contributed by atoms with Gasteiger partial charge >= 0.3 is 0 Å². The van der Waals surface area contributed by atoms with Crippen LogP contribution >= 0.6 is 0 Å². The summed E-state index contributed by atoms with van der Waals surface area (Å²) in [6.45, 7) is 12.8. The van der Waals surface area contributed by atoms with Crippen molar-refractivity contribution in [1.29, 1.82) is 0 Å². The highest BCUT2D eigenvalue weighted by Gasteiger charge is 2.22. The number of rotatable bonds is 4. The first-order valence-corrected chi connectivity index (χ1v) is 9.08. The van der Waals surface area contributed by atoms with Crippen molar-refractivity contribution in [1.82, 2.24) is 9.47 Å². The van der Waals surface area contributed by atoms with Crippen LogP contribution in [-0.2, 0) is 7.05 Å². The van der Waals surface area contributed by atoms with Crippen LogP contribution in [0.15, 0.2) is 24.3 Å². The molecule has 3 rings (SSSR count). The third-order valence-electron chi connectivity index (χ3n) is 5.73. The molecule has 25 heavy (non-hydrogen) atoms. The van der Waals surface area contributed by atoms with Gasteiger partial charge in [0.15, 0.2) is 5.78 Å². The van der Waals surface area contributed by atoms with Gasteiger partial charge in [-0.05, 0) is 51.0 Å². The Hall–Kier alpha value is -2.07. The number of carbonyl (C=O) groups excluding carboxylic acids is 1. The molecule has 1 aromatic heterocycles. The monoisotopic (exact) mass is 339 g/mol. The van der Waals surface area contributed by atoms with Crippen LogP contribution in [0.2, 0.25) is 0 Å². The van der Waals surface area contributed by atoms with Crippen LogP contribution in [0.25, 0.3) is 0 Å². The molecule has 0 N–H and O–H groups in total. The second-order valence-corrected chi connectivity index (χ2v) is 7.25. The minimum Gasteiger partial charge on any atom is -0.369 e. The number of piperazine rings is 1. The predicted octanol–water partition coefficient (Wildman–Crippen LogP) is 3.26. The van der Waals surface area contributed by atoms with Crippen LogP contribution in [0, 0.1) is 27.7 Å². The Morgan fingerprint density at radius 2 is 1.72 bits per heavy atom. The van der Waals surface area contributed by atoms with E-state index in [0.29, 0.717) is 6.54 Å². The van der Waals surface area contributed by atoms with Crippen molar-refractivity contribution in [2.45, 2.75) is 27.7 Å². The van der Waals surface area contributed by atoms with Gasteiger partial charge in [0.2, 0.25) is 0 Å². The van der Waals surface area contributed by atoms with Crippen molar-refractivity contribution in [2.24, 2.45) is 7.05 Å². The lowest BCUT2D eigenvalue weighted by Crippen LogP contribution is -2.48. The van der Waals surface area contributed by atoms with Crippen LogP contribution in [0.1, 0.15) is 32.9 Å². The lowest BCUT2D eigenvalue weighted by atomic mass is 10.1. The van der Waals surface area contributed by atoms with E-state index in [1.54, 1.807) is 0 Å². The summed E-state index contributed by atoms with van der Waals surface area (Å²) in [4.78, 5) is 17.4. The van der Waals surface area contributed by atoms with Gasteiger partial charge in [-0.3, -0.25) is 9.69 Å². The standard InChI is InChI=1S/C21H29N3O/c1-15-7-6-8-20(17(15)3)24-11-9-23(10-12-24)14-21(25)19-13-16(2)22(5)18(19)4/h6-8,13H,9-12,14H2,1-5H3. The van der Waals surface area contributed by atoms with Gasteiger partial charge < -0.3 is 9.47 Å².